The molecular weight excluding hydrogens is 456 g/mol. The number of halogens is 1. The van der Waals surface area contributed by atoms with Crippen molar-refractivity contribution in [3.63, 3.8) is 0 Å². The molecular formula is C25H21BrN2O3. The first-order valence-corrected chi connectivity index (χ1v) is 11.5. The van der Waals surface area contributed by atoms with Crippen molar-refractivity contribution in [1.29, 1.82) is 0 Å². The molecule has 2 aromatic carbocycles. The normalized spacial score (nSPS) is 32.1. The van der Waals surface area contributed by atoms with Crippen LogP contribution in [0.25, 0.3) is 0 Å². The van der Waals surface area contributed by atoms with E-state index in [9.17, 15) is 14.4 Å². The van der Waals surface area contributed by atoms with E-state index >= 15 is 0 Å². The Morgan fingerprint density at radius 1 is 0.968 bits per heavy atom. The number of hydrogen-bond acceptors (Lipinski definition) is 3. The molecule has 0 radical (unpaired) electrons. The second-order valence-electron chi connectivity index (χ2n) is 9.13. The smallest absolute Gasteiger partial charge is 0.255 e. The average Bonchev–Trinajstić information content (AvgIpc) is 3.54. The van der Waals surface area contributed by atoms with Crippen LogP contribution >= 0.6 is 15.9 Å². The highest BCUT2D eigenvalue weighted by atomic mass is 79.9. The molecule has 3 amide bonds. The Balaban J connectivity index is 1.23. The molecule has 2 bridgehead atoms. The number of hydrogen-bond donors (Lipinski definition) is 1. The molecule has 2 aromatic rings. The lowest BCUT2D eigenvalue weighted by Crippen LogP contribution is -2.40. The zero-order valence-corrected chi connectivity index (χ0v) is 18.5. The minimum Gasteiger partial charge on any atom is -0.322 e. The number of nitrogens with one attached hydrogen (secondary N) is 1. The second-order valence-corrected chi connectivity index (χ2v) is 10.0. The maximum absolute atomic E-state index is 13.2. The lowest BCUT2D eigenvalue weighted by atomic mass is 9.63. The number of benzene rings is 2. The molecule has 1 aliphatic heterocycles. The van der Waals surface area contributed by atoms with E-state index in [0.29, 0.717) is 23.1 Å². The van der Waals surface area contributed by atoms with E-state index in [1.807, 2.05) is 25.1 Å². The van der Waals surface area contributed by atoms with Gasteiger partial charge in [0.1, 0.15) is 0 Å². The number of anilines is 2. The fourth-order valence-corrected chi connectivity index (χ4v) is 6.41. The van der Waals surface area contributed by atoms with Gasteiger partial charge >= 0.3 is 0 Å². The molecule has 2 saturated carbocycles. The summed E-state index contributed by atoms with van der Waals surface area (Å²) in [6.45, 7) is 1.93. The summed E-state index contributed by atoms with van der Waals surface area (Å²) in [7, 11) is 0. The number of imide groups is 1. The molecule has 3 fully saturated rings. The SMILES string of the molecule is Cc1cc(Br)ccc1NC(=O)c1ccc(N2C(=O)[C@@H]3[C@H]4C=C[C@@H]([C@@H]5C[C@H]45)[C@H]3C2=O)cc1. The molecule has 1 saturated heterocycles. The molecule has 0 spiro atoms. The summed E-state index contributed by atoms with van der Waals surface area (Å²) in [4.78, 5) is 40.5. The van der Waals surface area contributed by atoms with Crippen LogP contribution in [-0.2, 0) is 9.59 Å². The van der Waals surface area contributed by atoms with E-state index in [1.165, 1.54) is 4.90 Å². The summed E-state index contributed by atoms with van der Waals surface area (Å²) < 4.78 is 0.953. The predicted molar refractivity (Wildman–Crippen MR) is 120 cm³/mol. The molecule has 6 heteroatoms. The van der Waals surface area contributed by atoms with Gasteiger partial charge in [0.15, 0.2) is 0 Å². The van der Waals surface area contributed by atoms with E-state index < -0.39 is 0 Å². The van der Waals surface area contributed by atoms with Gasteiger partial charge in [-0.3, -0.25) is 19.3 Å². The summed E-state index contributed by atoms with van der Waals surface area (Å²) in [5.74, 6) is 0.768. The van der Waals surface area contributed by atoms with Crippen LogP contribution in [-0.4, -0.2) is 17.7 Å². The van der Waals surface area contributed by atoms with Crippen LogP contribution in [0, 0.1) is 42.4 Å². The first-order valence-electron chi connectivity index (χ1n) is 10.7. The molecule has 4 aliphatic carbocycles. The van der Waals surface area contributed by atoms with Crippen LogP contribution in [0.1, 0.15) is 22.3 Å². The van der Waals surface area contributed by atoms with Crippen LogP contribution in [0.5, 0.6) is 0 Å². The Kier molecular flexibility index (Phi) is 4.06. The van der Waals surface area contributed by atoms with Crippen molar-refractivity contribution in [2.75, 3.05) is 10.2 Å². The summed E-state index contributed by atoms with van der Waals surface area (Å²) in [5, 5.41) is 2.91. The van der Waals surface area contributed by atoms with Crippen LogP contribution < -0.4 is 10.2 Å². The quantitative estimate of drug-likeness (QED) is 0.521. The van der Waals surface area contributed by atoms with Crippen molar-refractivity contribution in [2.24, 2.45) is 35.5 Å². The summed E-state index contributed by atoms with van der Waals surface area (Å²) >= 11 is 3.42. The molecule has 31 heavy (non-hydrogen) atoms. The molecule has 5 aliphatic rings. The molecule has 5 nitrogen and oxygen atoms in total. The van der Waals surface area contributed by atoms with Gasteiger partial charge in [0.25, 0.3) is 5.91 Å². The predicted octanol–water partition coefficient (Wildman–Crippen LogP) is 4.57. The number of allylic oxidation sites excluding steroid dienone is 2. The molecule has 7 rings (SSSR count). The monoisotopic (exact) mass is 476 g/mol. The number of nitrogens with zero attached hydrogens (tertiary/aromatic N) is 1. The van der Waals surface area contributed by atoms with E-state index in [0.717, 1.165) is 22.1 Å². The van der Waals surface area contributed by atoms with Gasteiger partial charge in [0.05, 0.1) is 17.5 Å². The third kappa shape index (κ3) is 2.77. The van der Waals surface area contributed by atoms with Gasteiger partial charge in [-0.05, 0) is 85.0 Å². The maximum atomic E-state index is 13.2. The van der Waals surface area contributed by atoms with Gasteiger partial charge in [-0.25, -0.2) is 0 Å². The fraction of sp³-hybridized carbons (Fsp3) is 0.320. The summed E-state index contributed by atoms with van der Waals surface area (Å²) in [5.41, 5.74) is 2.73. The highest BCUT2D eigenvalue weighted by Gasteiger charge is 2.67. The Morgan fingerprint density at radius 3 is 2.16 bits per heavy atom. The van der Waals surface area contributed by atoms with Crippen molar-refractivity contribution in [1.82, 2.24) is 0 Å². The van der Waals surface area contributed by atoms with Crippen molar-refractivity contribution >= 4 is 45.0 Å². The number of aryl methyl sites for hydroxylation is 1. The molecule has 0 aromatic heterocycles. The lowest BCUT2D eigenvalue weighted by Gasteiger charge is -2.37. The highest BCUT2D eigenvalue weighted by Crippen LogP contribution is 2.65. The van der Waals surface area contributed by atoms with Gasteiger partial charge in [-0.1, -0.05) is 28.1 Å². The third-order valence-electron chi connectivity index (χ3n) is 7.49. The fourth-order valence-electron chi connectivity index (χ4n) is 5.94. The standard InChI is InChI=1S/C25H21BrN2O3/c1-12-10-14(26)4-9-20(12)27-23(29)13-2-5-15(6-3-13)28-24(30)21-16-7-8-17(19-11-18(16)19)22(21)25(28)31/h2-10,16-19,21-22H,11H2,1H3,(H,27,29)/t16-,17-,18-,19+,21+,22+/m0/s1. The minimum absolute atomic E-state index is 0.0811. The largest absolute Gasteiger partial charge is 0.322 e. The van der Waals surface area contributed by atoms with Gasteiger partial charge in [0, 0.05) is 15.7 Å². The topological polar surface area (TPSA) is 66.5 Å². The van der Waals surface area contributed by atoms with Crippen molar-refractivity contribution < 1.29 is 14.4 Å². The average molecular weight is 477 g/mol. The Bertz CT molecular complexity index is 1140. The second kappa shape index (κ2) is 6.63. The Hall–Kier alpha value is -2.73. The van der Waals surface area contributed by atoms with Crippen LogP contribution in [0.3, 0.4) is 0 Å². The van der Waals surface area contributed by atoms with Crippen LogP contribution in [0.2, 0.25) is 0 Å². The maximum Gasteiger partial charge on any atom is 0.255 e. The Morgan fingerprint density at radius 2 is 1.58 bits per heavy atom. The van der Waals surface area contributed by atoms with Crippen molar-refractivity contribution in [3.8, 4) is 0 Å². The van der Waals surface area contributed by atoms with Crippen LogP contribution in [0.15, 0.2) is 59.1 Å². The third-order valence-corrected chi connectivity index (χ3v) is 7.98. The van der Waals surface area contributed by atoms with E-state index in [2.05, 4.69) is 33.4 Å². The van der Waals surface area contributed by atoms with E-state index in [4.69, 9.17) is 0 Å². The highest BCUT2D eigenvalue weighted by molar-refractivity contribution is 9.10. The van der Waals surface area contributed by atoms with Crippen molar-refractivity contribution in [3.05, 3.63) is 70.2 Å². The zero-order valence-electron chi connectivity index (χ0n) is 16.9. The first kappa shape index (κ1) is 19.0. The Labute approximate surface area is 188 Å². The number of amides is 3. The molecule has 156 valence electrons. The molecule has 1 N–H and O–H groups in total. The number of carbonyl (C=O) groups is 3. The molecule has 6 atom stereocenters. The van der Waals surface area contributed by atoms with Crippen molar-refractivity contribution in [2.45, 2.75) is 13.3 Å². The van der Waals surface area contributed by atoms with E-state index in [1.54, 1.807) is 24.3 Å². The minimum atomic E-state index is -0.230. The lowest BCUT2D eigenvalue weighted by molar-refractivity contribution is -0.124. The first-order chi connectivity index (χ1) is 14.9. The van der Waals surface area contributed by atoms with Gasteiger partial charge in [-0.2, -0.15) is 0 Å². The van der Waals surface area contributed by atoms with Gasteiger partial charge in [-0.15, -0.1) is 0 Å². The van der Waals surface area contributed by atoms with Gasteiger partial charge < -0.3 is 5.32 Å². The van der Waals surface area contributed by atoms with Crippen LogP contribution in [0.4, 0.5) is 11.4 Å². The number of carbonyl (C=O) groups excluding carboxylic acids is 3. The summed E-state index contributed by atoms with van der Waals surface area (Å²) in [6.07, 6.45) is 5.50. The number of rotatable bonds is 3. The molecule has 1 heterocycles. The summed E-state index contributed by atoms with van der Waals surface area (Å²) in [6, 6.07) is 12.4. The molecule has 0 unspecified atom stereocenters. The van der Waals surface area contributed by atoms with E-state index in [-0.39, 0.29) is 41.4 Å². The van der Waals surface area contributed by atoms with Gasteiger partial charge in [0.2, 0.25) is 11.8 Å². The zero-order chi connectivity index (χ0) is 21.4.